The second-order valence-corrected chi connectivity index (χ2v) is 6.61. The van der Waals surface area contributed by atoms with Crippen molar-refractivity contribution >= 4 is 18.1 Å². The Morgan fingerprint density at radius 2 is 2.09 bits per heavy atom. The number of aldehydes is 1. The van der Waals surface area contributed by atoms with E-state index in [1.165, 1.54) is 0 Å². The van der Waals surface area contributed by atoms with Crippen molar-refractivity contribution in [1.82, 2.24) is 5.32 Å². The molecule has 120 valence electrons. The SMILES string of the molecule is CC(C)(C)OC(=O)N[C@H]1CCCN(c2ccccc2C=O)C1. The predicted molar refractivity (Wildman–Crippen MR) is 86.4 cm³/mol. The summed E-state index contributed by atoms with van der Waals surface area (Å²) in [6.45, 7) is 7.11. The molecule has 1 atom stereocenters. The normalized spacial score (nSPS) is 18.7. The summed E-state index contributed by atoms with van der Waals surface area (Å²) < 4.78 is 5.30. The molecule has 1 fully saturated rings. The predicted octanol–water partition coefficient (Wildman–Crippen LogP) is 2.99. The third kappa shape index (κ3) is 4.48. The maximum absolute atomic E-state index is 11.9. The molecule has 1 aliphatic heterocycles. The second kappa shape index (κ2) is 6.81. The molecule has 1 aromatic carbocycles. The molecular weight excluding hydrogens is 280 g/mol. The Bertz CT molecular complexity index is 537. The van der Waals surface area contributed by atoms with Crippen molar-refractivity contribution in [3.63, 3.8) is 0 Å². The number of piperidine rings is 1. The number of nitrogens with zero attached hydrogens (tertiary/aromatic N) is 1. The number of benzene rings is 1. The monoisotopic (exact) mass is 304 g/mol. The van der Waals surface area contributed by atoms with Gasteiger partial charge in [-0.25, -0.2) is 4.79 Å². The zero-order valence-electron chi connectivity index (χ0n) is 13.5. The highest BCUT2D eigenvalue weighted by molar-refractivity contribution is 5.84. The van der Waals surface area contributed by atoms with Gasteiger partial charge in [-0.15, -0.1) is 0 Å². The third-order valence-electron chi connectivity index (χ3n) is 3.55. The van der Waals surface area contributed by atoms with Crippen LogP contribution in [0, 0.1) is 0 Å². The molecule has 5 nitrogen and oxygen atoms in total. The summed E-state index contributed by atoms with van der Waals surface area (Å²) in [5.74, 6) is 0. The lowest BCUT2D eigenvalue weighted by atomic mass is 10.0. The summed E-state index contributed by atoms with van der Waals surface area (Å²) in [6, 6.07) is 7.57. The standard InChI is InChI=1S/C17H24N2O3/c1-17(2,3)22-16(21)18-14-8-6-10-19(11-14)15-9-5-4-7-13(15)12-20/h4-5,7,9,12,14H,6,8,10-11H2,1-3H3,(H,18,21)/t14-/m0/s1. The van der Waals surface area contributed by atoms with Gasteiger partial charge in [0.25, 0.3) is 0 Å². The zero-order chi connectivity index (χ0) is 16.2. The molecule has 22 heavy (non-hydrogen) atoms. The molecule has 2 rings (SSSR count). The largest absolute Gasteiger partial charge is 0.444 e. The van der Waals surface area contributed by atoms with E-state index >= 15 is 0 Å². The molecule has 1 N–H and O–H groups in total. The lowest BCUT2D eigenvalue weighted by molar-refractivity contribution is 0.0500. The number of alkyl carbamates (subject to hydrolysis) is 1. The summed E-state index contributed by atoms with van der Waals surface area (Å²) in [7, 11) is 0. The van der Waals surface area contributed by atoms with Crippen LogP contribution in [0.4, 0.5) is 10.5 Å². The van der Waals surface area contributed by atoms with E-state index in [0.29, 0.717) is 12.1 Å². The fourth-order valence-electron chi connectivity index (χ4n) is 2.66. The topological polar surface area (TPSA) is 58.6 Å². The molecule has 0 aromatic heterocycles. The number of hydrogen-bond acceptors (Lipinski definition) is 4. The first kappa shape index (κ1) is 16.3. The van der Waals surface area contributed by atoms with Crippen molar-refractivity contribution in [2.75, 3.05) is 18.0 Å². The quantitative estimate of drug-likeness (QED) is 0.872. The lowest BCUT2D eigenvalue weighted by Crippen LogP contribution is -2.49. The summed E-state index contributed by atoms with van der Waals surface area (Å²) in [4.78, 5) is 25.2. The fraction of sp³-hybridized carbons (Fsp3) is 0.529. The minimum absolute atomic E-state index is 0.0308. The average Bonchev–Trinajstić information content (AvgIpc) is 2.45. The molecular formula is C17H24N2O3. The highest BCUT2D eigenvalue weighted by Crippen LogP contribution is 2.23. The van der Waals surface area contributed by atoms with Crippen LogP contribution in [0.2, 0.25) is 0 Å². The Balaban J connectivity index is 2.00. The zero-order valence-corrected chi connectivity index (χ0v) is 13.5. The van der Waals surface area contributed by atoms with Crippen molar-refractivity contribution in [3.05, 3.63) is 29.8 Å². The van der Waals surface area contributed by atoms with Crippen molar-refractivity contribution in [1.29, 1.82) is 0 Å². The van der Waals surface area contributed by atoms with Crippen LogP contribution in [0.25, 0.3) is 0 Å². The van der Waals surface area contributed by atoms with Gasteiger partial charge in [0.2, 0.25) is 0 Å². The number of hydrogen-bond donors (Lipinski definition) is 1. The van der Waals surface area contributed by atoms with Gasteiger partial charge < -0.3 is 15.0 Å². The minimum Gasteiger partial charge on any atom is -0.444 e. The van der Waals surface area contributed by atoms with E-state index < -0.39 is 5.60 Å². The van der Waals surface area contributed by atoms with Gasteiger partial charge >= 0.3 is 6.09 Å². The first-order valence-corrected chi connectivity index (χ1v) is 7.68. The number of amides is 1. The number of para-hydroxylation sites is 1. The Morgan fingerprint density at radius 1 is 1.36 bits per heavy atom. The average molecular weight is 304 g/mol. The van der Waals surface area contributed by atoms with Crippen molar-refractivity contribution in [2.24, 2.45) is 0 Å². The van der Waals surface area contributed by atoms with E-state index in [0.717, 1.165) is 31.4 Å². The summed E-state index contributed by atoms with van der Waals surface area (Å²) >= 11 is 0. The number of anilines is 1. The number of ether oxygens (including phenoxy) is 1. The van der Waals surface area contributed by atoms with E-state index in [4.69, 9.17) is 4.74 Å². The van der Waals surface area contributed by atoms with Crippen LogP contribution in [0.15, 0.2) is 24.3 Å². The molecule has 1 aromatic rings. The smallest absolute Gasteiger partial charge is 0.407 e. The molecule has 1 saturated heterocycles. The first-order valence-electron chi connectivity index (χ1n) is 7.68. The number of carbonyl (C=O) groups is 2. The van der Waals surface area contributed by atoms with Crippen LogP contribution in [-0.4, -0.2) is 37.1 Å². The van der Waals surface area contributed by atoms with Gasteiger partial charge in [-0.3, -0.25) is 4.79 Å². The number of rotatable bonds is 3. The van der Waals surface area contributed by atoms with Gasteiger partial charge in [0.15, 0.2) is 6.29 Å². The van der Waals surface area contributed by atoms with E-state index in [2.05, 4.69) is 10.2 Å². The van der Waals surface area contributed by atoms with E-state index in [-0.39, 0.29) is 12.1 Å². The molecule has 1 aliphatic rings. The van der Waals surface area contributed by atoms with Gasteiger partial charge in [-0.05, 0) is 45.7 Å². The highest BCUT2D eigenvalue weighted by Gasteiger charge is 2.25. The maximum Gasteiger partial charge on any atom is 0.407 e. The van der Waals surface area contributed by atoms with E-state index in [1.54, 1.807) is 0 Å². The van der Waals surface area contributed by atoms with Gasteiger partial charge in [-0.1, -0.05) is 12.1 Å². The van der Waals surface area contributed by atoms with Gasteiger partial charge in [0, 0.05) is 30.4 Å². The van der Waals surface area contributed by atoms with Crippen LogP contribution < -0.4 is 10.2 Å². The van der Waals surface area contributed by atoms with Crippen LogP contribution >= 0.6 is 0 Å². The van der Waals surface area contributed by atoms with E-state index in [1.807, 2.05) is 45.0 Å². The molecule has 0 radical (unpaired) electrons. The molecule has 5 heteroatoms. The molecule has 0 spiro atoms. The van der Waals surface area contributed by atoms with E-state index in [9.17, 15) is 9.59 Å². The van der Waals surface area contributed by atoms with Gasteiger partial charge in [-0.2, -0.15) is 0 Å². The van der Waals surface area contributed by atoms with Crippen molar-refractivity contribution in [2.45, 2.75) is 45.3 Å². The van der Waals surface area contributed by atoms with Gasteiger partial charge in [0.1, 0.15) is 5.60 Å². The summed E-state index contributed by atoms with van der Waals surface area (Å²) in [6.07, 6.45) is 2.37. The molecule has 0 saturated carbocycles. The Kier molecular flexibility index (Phi) is 5.06. The first-order chi connectivity index (χ1) is 10.4. The Morgan fingerprint density at radius 3 is 2.77 bits per heavy atom. The Labute approximate surface area is 131 Å². The molecule has 0 unspecified atom stereocenters. The summed E-state index contributed by atoms with van der Waals surface area (Å²) in [5.41, 5.74) is 1.11. The fourth-order valence-corrected chi connectivity index (χ4v) is 2.66. The minimum atomic E-state index is -0.497. The van der Waals surface area contributed by atoms with Crippen LogP contribution in [0.5, 0.6) is 0 Å². The van der Waals surface area contributed by atoms with Crippen molar-refractivity contribution in [3.8, 4) is 0 Å². The molecule has 0 bridgehead atoms. The van der Waals surface area contributed by atoms with Gasteiger partial charge in [0.05, 0.1) is 0 Å². The lowest BCUT2D eigenvalue weighted by Gasteiger charge is -2.35. The molecule has 0 aliphatic carbocycles. The third-order valence-corrected chi connectivity index (χ3v) is 3.55. The van der Waals surface area contributed by atoms with Crippen molar-refractivity contribution < 1.29 is 14.3 Å². The molecule has 1 heterocycles. The maximum atomic E-state index is 11.9. The van der Waals surface area contributed by atoms with Crippen LogP contribution in [-0.2, 0) is 4.74 Å². The number of nitrogens with one attached hydrogen (secondary N) is 1. The number of carbonyl (C=O) groups excluding carboxylic acids is 2. The van der Waals surface area contributed by atoms with Crippen LogP contribution in [0.1, 0.15) is 44.0 Å². The second-order valence-electron chi connectivity index (χ2n) is 6.61. The summed E-state index contributed by atoms with van der Waals surface area (Å²) in [5, 5.41) is 2.92. The highest BCUT2D eigenvalue weighted by atomic mass is 16.6. The molecule has 1 amide bonds. The Hall–Kier alpha value is -2.04. The van der Waals surface area contributed by atoms with Crippen LogP contribution in [0.3, 0.4) is 0 Å².